The fraction of sp³-hybridized carbons (Fsp3) is 0.778. The van der Waals surface area contributed by atoms with Gasteiger partial charge >= 0.3 is 0 Å². The predicted molar refractivity (Wildman–Crippen MR) is 116 cm³/mol. The van der Waals surface area contributed by atoms with E-state index in [0.717, 1.165) is 44.5 Å². The van der Waals surface area contributed by atoms with Crippen molar-refractivity contribution >= 4 is 29.9 Å². The third kappa shape index (κ3) is 8.40. The molecule has 1 aliphatic heterocycles. The lowest BCUT2D eigenvalue weighted by molar-refractivity contribution is 0.150. The van der Waals surface area contributed by atoms with Crippen LogP contribution in [0.3, 0.4) is 0 Å². The molecule has 1 unspecified atom stereocenters. The van der Waals surface area contributed by atoms with E-state index >= 15 is 0 Å². The van der Waals surface area contributed by atoms with Crippen LogP contribution in [0.5, 0.6) is 0 Å². The Balaban J connectivity index is 0.00000312. The minimum absolute atomic E-state index is 0. The number of likely N-dealkylation sites (tertiary alicyclic amines) is 1. The van der Waals surface area contributed by atoms with Crippen LogP contribution < -0.4 is 10.6 Å². The van der Waals surface area contributed by atoms with Crippen LogP contribution in [0.2, 0.25) is 0 Å². The molecule has 0 bridgehead atoms. The Kier molecular flexibility index (Phi) is 11.1. The van der Waals surface area contributed by atoms with E-state index in [4.69, 9.17) is 4.99 Å². The number of aromatic nitrogens is 2. The number of piperidine rings is 1. The summed E-state index contributed by atoms with van der Waals surface area (Å²) in [6, 6.07) is 2.47. The maximum absolute atomic E-state index is 4.77. The molecule has 144 valence electrons. The Morgan fingerprint density at radius 2 is 2.08 bits per heavy atom. The zero-order valence-electron chi connectivity index (χ0n) is 15.9. The van der Waals surface area contributed by atoms with Gasteiger partial charge in [-0.25, -0.2) is 0 Å². The van der Waals surface area contributed by atoms with Gasteiger partial charge < -0.3 is 10.6 Å². The highest BCUT2D eigenvalue weighted by atomic mass is 127. The Labute approximate surface area is 169 Å². The van der Waals surface area contributed by atoms with Gasteiger partial charge in [-0.2, -0.15) is 5.10 Å². The van der Waals surface area contributed by atoms with Gasteiger partial charge in [0.15, 0.2) is 5.96 Å². The smallest absolute Gasteiger partial charge is 0.191 e. The van der Waals surface area contributed by atoms with E-state index in [1.807, 2.05) is 23.1 Å². The summed E-state index contributed by atoms with van der Waals surface area (Å²) in [5.41, 5.74) is 0. The van der Waals surface area contributed by atoms with Crippen molar-refractivity contribution in [3.8, 4) is 0 Å². The van der Waals surface area contributed by atoms with Crippen LogP contribution in [0, 0.1) is 5.92 Å². The van der Waals surface area contributed by atoms with Crippen LogP contribution >= 0.6 is 24.0 Å². The zero-order valence-corrected chi connectivity index (χ0v) is 18.3. The topological polar surface area (TPSA) is 57.5 Å². The van der Waals surface area contributed by atoms with Crippen molar-refractivity contribution in [3.63, 3.8) is 0 Å². The average molecular weight is 462 g/mol. The fourth-order valence-electron chi connectivity index (χ4n) is 3.03. The molecule has 1 aliphatic rings. The van der Waals surface area contributed by atoms with Crippen molar-refractivity contribution in [3.05, 3.63) is 18.5 Å². The summed E-state index contributed by atoms with van der Waals surface area (Å²) in [5, 5.41) is 11.0. The van der Waals surface area contributed by atoms with E-state index in [-0.39, 0.29) is 24.0 Å². The Bertz CT molecular complexity index is 468. The van der Waals surface area contributed by atoms with Crippen LogP contribution in [0.1, 0.15) is 40.0 Å². The summed E-state index contributed by atoms with van der Waals surface area (Å²) in [7, 11) is 0. The SMILES string of the molecule is CCNC(=NCC(C)N1CCC(C)CC1)NCCCn1cccn1.I. The fourth-order valence-corrected chi connectivity index (χ4v) is 3.03. The number of nitrogens with zero attached hydrogens (tertiary/aromatic N) is 4. The van der Waals surface area contributed by atoms with Gasteiger partial charge in [0.2, 0.25) is 0 Å². The van der Waals surface area contributed by atoms with Crippen LogP contribution in [0.4, 0.5) is 0 Å². The molecular weight excluding hydrogens is 427 g/mol. The molecule has 2 heterocycles. The second kappa shape index (κ2) is 12.5. The lowest BCUT2D eigenvalue weighted by Gasteiger charge is -2.34. The summed E-state index contributed by atoms with van der Waals surface area (Å²) in [4.78, 5) is 7.35. The first-order chi connectivity index (χ1) is 11.7. The predicted octanol–water partition coefficient (Wildman–Crippen LogP) is 2.57. The summed E-state index contributed by atoms with van der Waals surface area (Å²) in [5.74, 6) is 1.81. The van der Waals surface area contributed by atoms with Gasteiger partial charge in [-0.05, 0) is 58.2 Å². The lowest BCUT2D eigenvalue weighted by atomic mass is 9.98. The number of halogens is 1. The minimum Gasteiger partial charge on any atom is -0.357 e. The van der Waals surface area contributed by atoms with Crippen LogP contribution in [0.25, 0.3) is 0 Å². The van der Waals surface area contributed by atoms with E-state index in [0.29, 0.717) is 6.04 Å². The molecule has 1 fully saturated rings. The minimum atomic E-state index is 0. The van der Waals surface area contributed by atoms with E-state index in [2.05, 4.69) is 41.4 Å². The maximum atomic E-state index is 4.77. The number of nitrogens with one attached hydrogen (secondary N) is 2. The first-order valence-electron chi connectivity index (χ1n) is 9.42. The van der Waals surface area contributed by atoms with E-state index < -0.39 is 0 Å². The molecule has 1 atom stereocenters. The molecule has 0 spiro atoms. The van der Waals surface area contributed by atoms with Crippen molar-refractivity contribution in [2.45, 2.75) is 52.6 Å². The number of hydrogen-bond acceptors (Lipinski definition) is 3. The van der Waals surface area contributed by atoms with Crippen molar-refractivity contribution in [2.24, 2.45) is 10.9 Å². The van der Waals surface area contributed by atoms with Crippen molar-refractivity contribution in [1.29, 1.82) is 0 Å². The van der Waals surface area contributed by atoms with Crippen LogP contribution in [-0.4, -0.2) is 59.4 Å². The standard InChI is InChI=1S/C18H34N6.HI/c1-4-19-18(20-9-5-11-24-12-6-10-22-24)21-15-17(3)23-13-7-16(2)8-14-23;/h6,10,12,16-17H,4-5,7-9,11,13-15H2,1-3H3,(H2,19,20,21);1H. The second-order valence-electron chi connectivity index (χ2n) is 6.84. The number of rotatable bonds is 8. The Morgan fingerprint density at radius 3 is 2.72 bits per heavy atom. The van der Waals surface area contributed by atoms with Gasteiger partial charge in [-0.3, -0.25) is 14.6 Å². The molecule has 1 saturated heterocycles. The third-order valence-electron chi connectivity index (χ3n) is 4.72. The molecule has 25 heavy (non-hydrogen) atoms. The van der Waals surface area contributed by atoms with E-state index in [9.17, 15) is 0 Å². The molecule has 1 aromatic heterocycles. The molecule has 0 aromatic carbocycles. The molecule has 1 aromatic rings. The van der Waals surface area contributed by atoms with Gasteiger partial charge in [0.25, 0.3) is 0 Å². The van der Waals surface area contributed by atoms with Gasteiger partial charge in [-0.15, -0.1) is 24.0 Å². The van der Waals surface area contributed by atoms with Gasteiger partial charge in [0, 0.05) is 38.1 Å². The largest absolute Gasteiger partial charge is 0.357 e. The summed E-state index contributed by atoms with van der Waals surface area (Å²) in [6.45, 7) is 12.8. The molecule has 0 amide bonds. The second-order valence-corrected chi connectivity index (χ2v) is 6.84. The average Bonchev–Trinajstić information content (AvgIpc) is 3.10. The number of aryl methyl sites for hydroxylation is 1. The number of guanidine groups is 1. The lowest BCUT2D eigenvalue weighted by Crippen LogP contribution is -2.43. The zero-order chi connectivity index (χ0) is 17.2. The number of aliphatic imine (C=N–C) groups is 1. The molecule has 0 aliphatic carbocycles. The molecule has 0 saturated carbocycles. The summed E-state index contributed by atoms with van der Waals surface area (Å²) in [6.07, 6.45) is 7.49. The molecule has 2 N–H and O–H groups in total. The highest BCUT2D eigenvalue weighted by molar-refractivity contribution is 14.0. The van der Waals surface area contributed by atoms with Crippen LogP contribution in [0.15, 0.2) is 23.5 Å². The first-order valence-corrected chi connectivity index (χ1v) is 9.42. The van der Waals surface area contributed by atoms with Crippen molar-refractivity contribution in [1.82, 2.24) is 25.3 Å². The van der Waals surface area contributed by atoms with Crippen LogP contribution in [-0.2, 0) is 6.54 Å². The molecule has 7 heteroatoms. The Hall–Kier alpha value is -0.830. The Morgan fingerprint density at radius 1 is 1.32 bits per heavy atom. The maximum Gasteiger partial charge on any atom is 0.191 e. The number of hydrogen-bond donors (Lipinski definition) is 2. The van der Waals surface area contributed by atoms with Gasteiger partial charge in [0.1, 0.15) is 0 Å². The first kappa shape index (κ1) is 22.2. The van der Waals surface area contributed by atoms with Crippen molar-refractivity contribution in [2.75, 3.05) is 32.7 Å². The monoisotopic (exact) mass is 462 g/mol. The quantitative estimate of drug-likeness (QED) is 0.270. The summed E-state index contributed by atoms with van der Waals surface area (Å²) < 4.78 is 1.96. The highest BCUT2D eigenvalue weighted by Crippen LogP contribution is 2.17. The summed E-state index contributed by atoms with van der Waals surface area (Å²) >= 11 is 0. The third-order valence-corrected chi connectivity index (χ3v) is 4.72. The van der Waals surface area contributed by atoms with Gasteiger partial charge in [0.05, 0.1) is 6.54 Å². The van der Waals surface area contributed by atoms with Gasteiger partial charge in [-0.1, -0.05) is 6.92 Å². The molecule has 6 nitrogen and oxygen atoms in total. The van der Waals surface area contributed by atoms with Crippen molar-refractivity contribution < 1.29 is 0 Å². The normalized spacial score (nSPS) is 17.8. The molecule has 2 rings (SSSR count). The molecular formula is C18H35IN6. The molecule has 0 radical (unpaired) electrons. The highest BCUT2D eigenvalue weighted by Gasteiger charge is 2.19. The van der Waals surface area contributed by atoms with E-state index in [1.165, 1.54) is 25.9 Å². The van der Waals surface area contributed by atoms with E-state index in [1.54, 1.807) is 0 Å².